The van der Waals surface area contributed by atoms with E-state index in [1.165, 1.54) is 18.5 Å². The zero-order chi connectivity index (χ0) is 24.0. The third-order valence-corrected chi connectivity index (χ3v) is 6.09. The molecule has 0 bridgehead atoms. The van der Waals surface area contributed by atoms with Gasteiger partial charge in [0, 0.05) is 18.8 Å². The first-order valence-corrected chi connectivity index (χ1v) is 11.0. The fraction of sp³-hybridized carbons (Fsp3) is 0.273. The van der Waals surface area contributed by atoms with E-state index in [4.69, 9.17) is 4.74 Å². The molecule has 11 heteroatoms. The lowest BCUT2D eigenvalue weighted by Gasteiger charge is -2.15. The first-order valence-electron chi connectivity index (χ1n) is 10.2. The van der Waals surface area contributed by atoms with Gasteiger partial charge in [-0.1, -0.05) is 32.0 Å². The lowest BCUT2D eigenvalue weighted by Crippen LogP contribution is -2.21. The van der Waals surface area contributed by atoms with Crippen molar-refractivity contribution in [1.29, 1.82) is 0 Å². The van der Waals surface area contributed by atoms with E-state index >= 15 is 0 Å². The Morgan fingerprint density at radius 3 is 2.70 bits per heavy atom. The number of nitro benzene ring substituents is 1. The van der Waals surface area contributed by atoms with Crippen molar-refractivity contribution >= 4 is 35.0 Å². The largest absolute Gasteiger partial charge is 0.452 e. The van der Waals surface area contributed by atoms with Gasteiger partial charge < -0.3 is 14.6 Å². The van der Waals surface area contributed by atoms with Crippen LogP contribution in [0.5, 0.6) is 0 Å². The lowest BCUT2D eigenvalue weighted by molar-refractivity contribution is -0.387. The monoisotopic (exact) mass is 469 g/mol. The van der Waals surface area contributed by atoms with Gasteiger partial charge in [-0.25, -0.2) is 4.79 Å². The van der Waals surface area contributed by atoms with E-state index in [-0.39, 0.29) is 17.2 Å². The smallest absolute Gasteiger partial charge is 0.338 e. The van der Waals surface area contributed by atoms with Crippen LogP contribution in [0.3, 0.4) is 0 Å². The second-order valence-corrected chi connectivity index (χ2v) is 8.30. The summed E-state index contributed by atoms with van der Waals surface area (Å²) in [5, 5.41) is 22.4. The Kier molecular flexibility index (Phi) is 7.78. The molecule has 1 atom stereocenters. The number of aryl methyl sites for hydroxylation is 1. The predicted molar refractivity (Wildman–Crippen MR) is 122 cm³/mol. The highest BCUT2D eigenvalue weighted by molar-refractivity contribution is 7.99. The number of nitro groups is 1. The molecule has 0 unspecified atom stereocenters. The summed E-state index contributed by atoms with van der Waals surface area (Å²) < 4.78 is 6.70. The Bertz CT molecular complexity index is 1180. The Morgan fingerprint density at radius 1 is 1.27 bits per heavy atom. The molecule has 0 aliphatic carbocycles. The molecule has 1 aromatic heterocycles. The molecule has 0 aliphatic heterocycles. The number of para-hydroxylation sites is 1. The van der Waals surface area contributed by atoms with Crippen LogP contribution in [-0.2, 0) is 16.6 Å². The molecule has 33 heavy (non-hydrogen) atoms. The van der Waals surface area contributed by atoms with Crippen molar-refractivity contribution in [3.63, 3.8) is 0 Å². The molecule has 3 aromatic rings. The Hall–Kier alpha value is -3.73. The molecule has 10 nitrogen and oxygen atoms in total. The standard InChI is InChI=1S/C22H23N5O5S/c1-4-14(2)16-7-5-6-8-17(16)24-20(28)12-32-21(29)15-9-10-19(18(11-15)27(30)31)33-22-25-23-13-26(22)3/h5-11,13-14H,4,12H2,1-3H3,(H,24,28)/t14-/m0/s1. The molecule has 0 aliphatic rings. The van der Waals surface area contributed by atoms with Gasteiger partial charge >= 0.3 is 5.97 Å². The molecule has 172 valence electrons. The second kappa shape index (κ2) is 10.7. The van der Waals surface area contributed by atoms with Gasteiger partial charge in [0.05, 0.1) is 15.4 Å². The predicted octanol–water partition coefficient (Wildman–Crippen LogP) is 4.18. The number of benzene rings is 2. The topological polar surface area (TPSA) is 129 Å². The molecule has 0 saturated carbocycles. The quantitative estimate of drug-likeness (QED) is 0.281. The SMILES string of the molecule is CC[C@H](C)c1ccccc1NC(=O)COC(=O)c1ccc(Sc2nncn2C)c([N+](=O)[O-])c1. The molecule has 1 N–H and O–H groups in total. The van der Waals surface area contributed by atoms with Gasteiger partial charge in [-0.2, -0.15) is 0 Å². The van der Waals surface area contributed by atoms with Gasteiger partial charge in [0.15, 0.2) is 11.8 Å². The maximum absolute atomic E-state index is 12.4. The number of esters is 1. The minimum atomic E-state index is -0.835. The fourth-order valence-corrected chi connectivity index (χ4v) is 3.85. The highest BCUT2D eigenvalue weighted by atomic mass is 32.2. The summed E-state index contributed by atoms with van der Waals surface area (Å²) in [5.74, 6) is -1.08. The van der Waals surface area contributed by atoms with Crippen LogP contribution < -0.4 is 5.32 Å². The first-order chi connectivity index (χ1) is 15.8. The highest BCUT2D eigenvalue weighted by Crippen LogP contribution is 2.34. The maximum Gasteiger partial charge on any atom is 0.338 e. The summed E-state index contributed by atoms with van der Waals surface area (Å²) in [4.78, 5) is 36.0. The average molecular weight is 470 g/mol. The third kappa shape index (κ3) is 5.95. The molecule has 0 radical (unpaired) electrons. The van der Waals surface area contributed by atoms with Crippen LogP contribution in [0.25, 0.3) is 0 Å². The van der Waals surface area contributed by atoms with E-state index in [1.54, 1.807) is 17.7 Å². The van der Waals surface area contributed by atoms with E-state index in [9.17, 15) is 19.7 Å². The number of anilines is 1. The van der Waals surface area contributed by atoms with Gasteiger partial charge in [-0.05, 0) is 47.9 Å². The minimum Gasteiger partial charge on any atom is -0.452 e. The Morgan fingerprint density at radius 2 is 2.03 bits per heavy atom. The zero-order valence-corrected chi connectivity index (χ0v) is 19.2. The lowest BCUT2D eigenvalue weighted by atomic mass is 9.97. The minimum absolute atomic E-state index is 0.0307. The van der Waals surface area contributed by atoms with Crippen LogP contribution in [-0.4, -0.2) is 38.2 Å². The molecule has 2 aromatic carbocycles. The van der Waals surface area contributed by atoms with Gasteiger partial charge in [0.25, 0.3) is 11.6 Å². The Balaban J connectivity index is 1.67. The van der Waals surface area contributed by atoms with Gasteiger partial charge in [-0.3, -0.25) is 14.9 Å². The van der Waals surface area contributed by atoms with Gasteiger partial charge in [0.2, 0.25) is 0 Å². The van der Waals surface area contributed by atoms with E-state index in [0.29, 0.717) is 15.7 Å². The van der Waals surface area contributed by atoms with Crippen molar-refractivity contribution in [2.45, 2.75) is 36.2 Å². The average Bonchev–Trinajstić information content (AvgIpc) is 3.21. The molecule has 0 fully saturated rings. The van der Waals surface area contributed by atoms with E-state index in [0.717, 1.165) is 29.8 Å². The van der Waals surface area contributed by atoms with Gasteiger partial charge in [-0.15, -0.1) is 10.2 Å². The summed E-state index contributed by atoms with van der Waals surface area (Å²) in [6.07, 6.45) is 2.39. The van der Waals surface area contributed by atoms with Crippen LogP contribution in [0.2, 0.25) is 0 Å². The van der Waals surface area contributed by atoms with Crippen molar-refractivity contribution < 1.29 is 19.2 Å². The molecule has 0 saturated heterocycles. The van der Waals surface area contributed by atoms with Crippen molar-refractivity contribution in [3.8, 4) is 0 Å². The van der Waals surface area contributed by atoms with Crippen LogP contribution >= 0.6 is 11.8 Å². The molecule has 3 rings (SSSR count). The van der Waals surface area contributed by atoms with Crippen LogP contribution in [0, 0.1) is 10.1 Å². The number of hydrogen-bond acceptors (Lipinski definition) is 8. The zero-order valence-electron chi connectivity index (χ0n) is 18.3. The number of nitrogens with one attached hydrogen (secondary N) is 1. The maximum atomic E-state index is 12.4. The molecule has 0 spiro atoms. The molecular formula is C22H23N5O5S. The third-order valence-electron chi connectivity index (χ3n) is 4.97. The van der Waals surface area contributed by atoms with Gasteiger partial charge in [0.1, 0.15) is 6.33 Å². The highest BCUT2D eigenvalue weighted by Gasteiger charge is 2.21. The number of amides is 1. The normalized spacial score (nSPS) is 11.6. The number of rotatable bonds is 9. The number of carbonyl (C=O) groups is 2. The van der Waals surface area contributed by atoms with Crippen LogP contribution in [0.15, 0.2) is 58.8 Å². The first kappa shape index (κ1) is 23.9. The summed E-state index contributed by atoms with van der Waals surface area (Å²) in [6.45, 7) is 3.60. The van der Waals surface area contributed by atoms with E-state index < -0.39 is 23.4 Å². The summed E-state index contributed by atoms with van der Waals surface area (Å²) in [6, 6.07) is 11.4. The van der Waals surface area contributed by atoms with E-state index in [1.807, 2.05) is 18.2 Å². The van der Waals surface area contributed by atoms with Crippen molar-refractivity contribution in [2.24, 2.45) is 7.05 Å². The molecule has 1 amide bonds. The summed E-state index contributed by atoms with van der Waals surface area (Å²) >= 11 is 1.05. The fourth-order valence-electron chi connectivity index (χ4n) is 3.00. The molecule has 1 heterocycles. The van der Waals surface area contributed by atoms with Crippen molar-refractivity contribution in [2.75, 3.05) is 11.9 Å². The number of hydrogen-bond donors (Lipinski definition) is 1. The van der Waals surface area contributed by atoms with Crippen molar-refractivity contribution in [1.82, 2.24) is 14.8 Å². The second-order valence-electron chi connectivity index (χ2n) is 7.29. The van der Waals surface area contributed by atoms with Crippen LogP contribution in [0.1, 0.15) is 42.1 Å². The van der Waals surface area contributed by atoms with Crippen molar-refractivity contribution in [3.05, 3.63) is 70.0 Å². The number of nitrogens with zero attached hydrogens (tertiary/aromatic N) is 4. The summed E-state index contributed by atoms with van der Waals surface area (Å²) in [7, 11) is 1.71. The number of ether oxygens (including phenoxy) is 1. The number of carbonyl (C=O) groups excluding carboxylic acids is 2. The molecular weight excluding hydrogens is 446 g/mol. The Labute approximate surface area is 194 Å². The van der Waals surface area contributed by atoms with E-state index in [2.05, 4.69) is 29.4 Å². The number of aromatic nitrogens is 3. The van der Waals surface area contributed by atoms with Crippen LogP contribution in [0.4, 0.5) is 11.4 Å². The summed E-state index contributed by atoms with van der Waals surface area (Å²) in [5.41, 5.74) is 1.35.